The van der Waals surface area contributed by atoms with Gasteiger partial charge in [-0.05, 0) is 32.4 Å². The van der Waals surface area contributed by atoms with Crippen LogP contribution in [0.4, 0.5) is 0 Å². The quantitative estimate of drug-likeness (QED) is 0.770. The van der Waals surface area contributed by atoms with E-state index in [1.54, 1.807) is 17.8 Å². The third kappa shape index (κ3) is 3.57. The Hall–Kier alpha value is -1.89. The summed E-state index contributed by atoms with van der Waals surface area (Å²) in [6.07, 6.45) is 1.85. The molecule has 0 aromatic carbocycles. The van der Waals surface area contributed by atoms with Crippen molar-refractivity contribution >= 4 is 11.8 Å². The predicted octanol–water partition coefficient (Wildman–Crippen LogP) is -0.592. The van der Waals surface area contributed by atoms with Gasteiger partial charge in [-0.25, -0.2) is 0 Å². The molecule has 20 heavy (non-hydrogen) atoms. The summed E-state index contributed by atoms with van der Waals surface area (Å²) in [5.74, 6) is -0.503. The van der Waals surface area contributed by atoms with Crippen LogP contribution in [0.5, 0.6) is 0 Å². The summed E-state index contributed by atoms with van der Waals surface area (Å²) in [6.45, 7) is 3.65. The second-order valence-electron chi connectivity index (χ2n) is 5.31. The van der Waals surface area contributed by atoms with Gasteiger partial charge in [-0.2, -0.15) is 5.10 Å². The molecular formula is C13H21N5O2. The number of aryl methyl sites for hydroxylation is 2. The molecule has 110 valence electrons. The van der Waals surface area contributed by atoms with E-state index in [1.165, 1.54) is 0 Å². The molecule has 2 heterocycles. The molecule has 0 spiro atoms. The van der Waals surface area contributed by atoms with E-state index >= 15 is 0 Å². The monoisotopic (exact) mass is 279 g/mol. The highest BCUT2D eigenvalue weighted by atomic mass is 16.2. The molecule has 0 radical (unpaired) electrons. The Morgan fingerprint density at radius 1 is 1.55 bits per heavy atom. The maximum absolute atomic E-state index is 12.1. The van der Waals surface area contributed by atoms with Crippen LogP contribution in [0.15, 0.2) is 6.07 Å². The molecule has 0 saturated carbocycles. The number of primary amides is 1. The number of likely N-dealkylation sites (tertiary alicyclic amines) is 1. The highest BCUT2D eigenvalue weighted by Gasteiger charge is 2.23. The highest BCUT2D eigenvalue weighted by molar-refractivity contribution is 5.92. The lowest BCUT2D eigenvalue weighted by Crippen LogP contribution is -2.49. The van der Waals surface area contributed by atoms with Gasteiger partial charge in [-0.15, -0.1) is 0 Å². The van der Waals surface area contributed by atoms with Gasteiger partial charge in [-0.3, -0.25) is 19.2 Å². The fourth-order valence-corrected chi connectivity index (χ4v) is 2.47. The molecule has 2 rings (SSSR count). The SMILES string of the molecule is Cc1cc(C(=O)NC2CCCN(CC(N)=O)C2)nn1C. The number of rotatable bonds is 4. The van der Waals surface area contributed by atoms with E-state index in [0.29, 0.717) is 12.2 Å². The molecule has 0 bridgehead atoms. The zero-order valence-electron chi connectivity index (χ0n) is 11.9. The molecule has 3 N–H and O–H groups in total. The maximum Gasteiger partial charge on any atom is 0.272 e. The summed E-state index contributed by atoms with van der Waals surface area (Å²) >= 11 is 0. The number of aromatic nitrogens is 2. The van der Waals surface area contributed by atoms with E-state index in [4.69, 9.17) is 5.73 Å². The van der Waals surface area contributed by atoms with Crippen molar-refractivity contribution in [3.05, 3.63) is 17.5 Å². The lowest BCUT2D eigenvalue weighted by molar-refractivity contribution is -0.119. The molecule has 1 unspecified atom stereocenters. The summed E-state index contributed by atoms with van der Waals surface area (Å²) in [5, 5.41) is 7.13. The van der Waals surface area contributed by atoms with Crippen LogP contribution in [0.25, 0.3) is 0 Å². The Balaban J connectivity index is 1.92. The van der Waals surface area contributed by atoms with Crippen LogP contribution in [0.2, 0.25) is 0 Å². The molecule has 7 heteroatoms. The van der Waals surface area contributed by atoms with Gasteiger partial charge in [0, 0.05) is 25.3 Å². The predicted molar refractivity (Wildman–Crippen MR) is 74.1 cm³/mol. The molecule has 1 aromatic rings. The molecule has 1 aliphatic rings. The van der Waals surface area contributed by atoms with Crippen LogP contribution in [0.3, 0.4) is 0 Å². The van der Waals surface area contributed by atoms with E-state index in [2.05, 4.69) is 10.4 Å². The van der Waals surface area contributed by atoms with Gasteiger partial charge in [-0.1, -0.05) is 0 Å². The van der Waals surface area contributed by atoms with Crippen LogP contribution in [-0.2, 0) is 11.8 Å². The van der Waals surface area contributed by atoms with Crippen LogP contribution >= 0.6 is 0 Å². The number of carbonyl (C=O) groups is 2. The first-order valence-electron chi connectivity index (χ1n) is 6.78. The molecule has 7 nitrogen and oxygen atoms in total. The molecule has 1 saturated heterocycles. The Kier molecular flexibility index (Phi) is 4.39. The summed E-state index contributed by atoms with van der Waals surface area (Å²) in [6, 6.07) is 1.80. The van der Waals surface area contributed by atoms with Crippen molar-refractivity contribution in [1.29, 1.82) is 0 Å². The summed E-state index contributed by atoms with van der Waals surface area (Å²) in [7, 11) is 1.81. The zero-order valence-corrected chi connectivity index (χ0v) is 11.9. The fraction of sp³-hybridized carbons (Fsp3) is 0.615. The van der Waals surface area contributed by atoms with E-state index in [9.17, 15) is 9.59 Å². The molecule has 1 aromatic heterocycles. The van der Waals surface area contributed by atoms with Crippen LogP contribution in [0, 0.1) is 6.92 Å². The Bertz CT molecular complexity index is 491. The Morgan fingerprint density at radius 2 is 2.30 bits per heavy atom. The minimum atomic E-state index is -0.336. The van der Waals surface area contributed by atoms with Gasteiger partial charge >= 0.3 is 0 Å². The zero-order chi connectivity index (χ0) is 14.7. The first-order chi connectivity index (χ1) is 9.45. The standard InChI is InChI=1S/C13H21N5O2/c1-9-6-11(16-17(9)2)13(20)15-10-4-3-5-18(7-10)8-12(14)19/h6,10H,3-5,7-8H2,1-2H3,(H2,14,19)(H,15,20). The fourth-order valence-electron chi connectivity index (χ4n) is 2.47. The van der Waals surface area contributed by atoms with E-state index in [-0.39, 0.29) is 24.4 Å². The third-order valence-corrected chi connectivity index (χ3v) is 3.57. The summed E-state index contributed by atoms with van der Waals surface area (Å²) in [4.78, 5) is 25.0. The second-order valence-corrected chi connectivity index (χ2v) is 5.31. The normalized spacial score (nSPS) is 19.8. The Labute approximate surface area is 118 Å². The molecule has 1 fully saturated rings. The minimum Gasteiger partial charge on any atom is -0.369 e. The van der Waals surface area contributed by atoms with Crippen molar-refractivity contribution in [3.63, 3.8) is 0 Å². The average Bonchev–Trinajstić information content (AvgIpc) is 2.69. The number of nitrogens with zero attached hydrogens (tertiary/aromatic N) is 3. The van der Waals surface area contributed by atoms with Crippen LogP contribution in [0.1, 0.15) is 29.0 Å². The number of nitrogens with two attached hydrogens (primary N) is 1. The van der Waals surface area contributed by atoms with Gasteiger partial charge in [0.25, 0.3) is 5.91 Å². The van der Waals surface area contributed by atoms with E-state index in [1.807, 2.05) is 11.8 Å². The van der Waals surface area contributed by atoms with Gasteiger partial charge in [0.15, 0.2) is 0 Å². The first-order valence-corrected chi connectivity index (χ1v) is 6.78. The third-order valence-electron chi connectivity index (χ3n) is 3.57. The summed E-state index contributed by atoms with van der Waals surface area (Å²) in [5.41, 5.74) is 6.57. The molecule has 1 aliphatic heterocycles. The number of amides is 2. The number of carbonyl (C=O) groups excluding carboxylic acids is 2. The van der Waals surface area contributed by atoms with Crippen molar-refractivity contribution < 1.29 is 9.59 Å². The summed E-state index contributed by atoms with van der Waals surface area (Å²) < 4.78 is 1.68. The number of nitrogens with one attached hydrogen (secondary N) is 1. The van der Waals surface area contributed by atoms with Crippen molar-refractivity contribution in [2.75, 3.05) is 19.6 Å². The maximum atomic E-state index is 12.1. The number of hydrogen-bond acceptors (Lipinski definition) is 4. The molecule has 2 amide bonds. The number of hydrogen-bond donors (Lipinski definition) is 2. The Morgan fingerprint density at radius 3 is 2.90 bits per heavy atom. The second kappa shape index (κ2) is 6.04. The van der Waals surface area contributed by atoms with Crippen LogP contribution < -0.4 is 11.1 Å². The van der Waals surface area contributed by atoms with Gasteiger partial charge < -0.3 is 11.1 Å². The first kappa shape index (κ1) is 14.5. The van der Waals surface area contributed by atoms with Crippen molar-refractivity contribution in [2.45, 2.75) is 25.8 Å². The van der Waals surface area contributed by atoms with E-state index < -0.39 is 0 Å². The van der Waals surface area contributed by atoms with Crippen molar-refractivity contribution in [2.24, 2.45) is 12.8 Å². The number of piperidine rings is 1. The molecule has 0 aliphatic carbocycles. The van der Waals surface area contributed by atoms with Gasteiger partial charge in [0.05, 0.1) is 6.54 Å². The van der Waals surface area contributed by atoms with Gasteiger partial charge in [0.1, 0.15) is 5.69 Å². The topological polar surface area (TPSA) is 93.2 Å². The lowest BCUT2D eigenvalue weighted by atomic mass is 10.1. The molecular weight excluding hydrogens is 258 g/mol. The molecule has 1 atom stereocenters. The van der Waals surface area contributed by atoms with Gasteiger partial charge in [0.2, 0.25) is 5.91 Å². The largest absolute Gasteiger partial charge is 0.369 e. The minimum absolute atomic E-state index is 0.0397. The highest BCUT2D eigenvalue weighted by Crippen LogP contribution is 2.10. The van der Waals surface area contributed by atoms with Crippen molar-refractivity contribution in [1.82, 2.24) is 20.0 Å². The van der Waals surface area contributed by atoms with Crippen molar-refractivity contribution in [3.8, 4) is 0 Å². The average molecular weight is 279 g/mol. The van der Waals surface area contributed by atoms with E-state index in [0.717, 1.165) is 25.1 Å². The smallest absolute Gasteiger partial charge is 0.272 e. The lowest BCUT2D eigenvalue weighted by Gasteiger charge is -2.32. The van der Waals surface area contributed by atoms with Crippen LogP contribution in [-0.4, -0.2) is 52.2 Å².